The van der Waals surface area contributed by atoms with Gasteiger partial charge in [-0.05, 0) is 44.2 Å². The maximum Gasteiger partial charge on any atom is 0.240 e. The van der Waals surface area contributed by atoms with Gasteiger partial charge in [0.2, 0.25) is 10.0 Å². The fourth-order valence-electron chi connectivity index (χ4n) is 2.14. The van der Waals surface area contributed by atoms with E-state index in [9.17, 15) is 13.5 Å². The van der Waals surface area contributed by atoms with Crippen LogP contribution in [-0.2, 0) is 10.0 Å². The van der Waals surface area contributed by atoms with Crippen LogP contribution in [0.5, 0.6) is 0 Å². The second-order valence-corrected chi connectivity index (χ2v) is 6.33. The fraction of sp³-hybridized carbons (Fsp3) is 0.500. The summed E-state index contributed by atoms with van der Waals surface area (Å²) in [5, 5.41) is 9.62. The highest BCUT2D eigenvalue weighted by atomic mass is 32.2. The lowest BCUT2D eigenvalue weighted by Crippen LogP contribution is -2.38. The Morgan fingerprint density at radius 3 is 2.56 bits per heavy atom. The Morgan fingerprint density at radius 1 is 1.33 bits per heavy atom. The van der Waals surface area contributed by atoms with E-state index in [2.05, 4.69) is 9.62 Å². The summed E-state index contributed by atoms with van der Waals surface area (Å²) in [5.41, 5.74) is 0.948. The molecule has 2 N–H and O–H groups in total. The minimum Gasteiger partial charge on any atom is -0.391 e. The number of nitrogens with zero attached hydrogens (tertiary/aromatic N) is 1. The molecule has 0 bridgehead atoms. The van der Waals surface area contributed by atoms with Crippen molar-refractivity contribution >= 4 is 15.7 Å². The van der Waals surface area contributed by atoms with Crippen molar-refractivity contribution in [1.82, 2.24) is 4.72 Å². The Kier molecular flexibility index (Phi) is 3.89. The molecule has 1 fully saturated rings. The Bertz CT molecular complexity index is 499. The zero-order valence-corrected chi connectivity index (χ0v) is 11.2. The first-order valence-corrected chi connectivity index (χ1v) is 7.48. The summed E-state index contributed by atoms with van der Waals surface area (Å²) >= 11 is 0. The maximum atomic E-state index is 11.6. The van der Waals surface area contributed by atoms with Crippen LogP contribution < -0.4 is 9.62 Å². The maximum absolute atomic E-state index is 11.6. The molecule has 0 amide bonds. The van der Waals surface area contributed by atoms with Gasteiger partial charge in [-0.25, -0.2) is 13.1 Å². The van der Waals surface area contributed by atoms with Crippen LogP contribution in [-0.4, -0.2) is 39.8 Å². The van der Waals surface area contributed by atoms with Crippen LogP contribution in [0, 0.1) is 0 Å². The molecule has 5 nitrogen and oxygen atoms in total. The minimum absolute atomic E-state index is 0.256. The standard InChI is InChI=1S/C12H18N2O3S/c1-13-18(16,17)12-6-4-10(5-7-12)14-8-2-3-11(15)9-14/h4-7,11,13,15H,2-3,8-9H2,1H3/t11-/m0/s1. The third-order valence-corrected chi connectivity index (χ3v) is 4.61. The van der Waals surface area contributed by atoms with Gasteiger partial charge in [0.05, 0.1) is 11.0 Å². The molecule has 0 saturated carbocycles. The highest BCUT2D eigenvalue weighted by Crippen LogP contribution is 2.21. The molecule has 0 radical (unpaired) electrons. The number of anilines is 1. The van der Waals surface area contributed by atoms with Gasteiger partial charge in [0.25, 0.3) is 0 Å². The number of nitrogens with one attached hydrogen (secondary N) is 1. The molecule has 1 aliphatic rings. The smallest absolute Gasteiger partial charge is 0.240 e. The van der Waals surface area contributed by atoms with E-state index < -0.39 is 10.0 Å². The average molecular weight is 270 g/mol. The molecule has 100 valence electrons. The summed E-state index contributed by atoms with van der Waals surface area (Å²) in [6.45, 7) is 1.51. The quantitative estimate of drug-likeness (QED) is 0.842. The van der Waals surface area contributed by atoms with E-state index >= 15 is 0 Å². The summed E-state index contributed by atoms with van der Waals surface area (Å²) < 4.78 is 25.4. The molecule has 1 saturated heterocycles. The van der Waals surface area contributed by atoms with Gasteiger partial charge in [-0.1, -0.05) is 0 Å². The van der Waals surface area contributed by atoms with Crippen molar-refractivity contribution < 1.29 is 13.5 Å². The molecular formula is C12H18N2O3S. The molecule has 18 heavy (non-hydrogen) atoms. The predicted molar refractivity (Wildman–Crippen MR) is 70.1 cm³/mol. The second-order valence-electron chi connectivity index (χ2n) is 4.44. The van der Waals surface area contributed by atoms with E-state index in [1.54, 1.807) is 24.3 Å². The molecule has 0 aliphatic carbocycles. The van der Waals surface area contributed by atoms with Crippen LogP contribution in [0.2, 0.25) is 0 Å². The Balaban J connectivity index is 2.17. The number of rotatable bonds is 3. The second kappa shape index (κ2) is 5.26. The van der Waals surface area contributed by atoms with Crippen molar-refractivity contribution in [3.8, 4) is 0 Å². The molecule has 1 aliphatic heterocycles. The largest absolute Gasteiger partial charge is 0.391 e. The van der Waals surface area contributed by atoms with Gasteiger partial charge in [0.1, 0.15) is 0 Å². The first-order valence-electron chi connectivity index (χ1n) is 5.99. The number of hydrogen-bond acceptors (Lipinski definition) is 4. The summed E-state index contributed by atoms with van der Waals surface area (Å²) in [4.78, 5) is 2.33. The monoisotopic (exact) mass is 270 g/mol. The first kappa shape index (κ1) is 13.3. The fourth-order valence-corrected chi connectivity index (χ4v) is 2.87. The van der Waals surface area contributed by atoms with Gasteiger partial charge in [-0.2, -0.15) is 0 Å². The van der Waals surface area contributed by atoms with E-state index in [0.29, 0.717) is 6.54 Å². The molecule has 1 aromatic rings. The van der Waals surface area contributed by atoms with Crippen molar-refractivity contribution in [2.75, 3.05) is 25.0 Å². The van der Waals surface area contributed by atoms with E-state index in [4.69, 9.17) is 0 Å². The third-order valence-electron chi connectivity index (χ3n) is 3.18. The molecule has 0 aromatic heterocycles. The van der Waals surface area contributed by atoms with Crippen LogP contribution in [0.25, 0.3) is 0 Å². The van der Waals surface area contributed by atoms with E-state index in [0.717, 1.165) is 25.1 Å². The molecule has 1 aromatic carbocycles. The molecule has 0 spiro atoms. The number of aliphatic hydroxyl groups excluding tert-OH is 1. The number of benzene rings is 1. The van der Waals surface area contributed by atoms with E-state index in [1.807, 2.05) is 0 Å². The SMILES string of the molecule is CNS(=O)(=O)c1ccc(N2CCC[C@H](O)C2)cc1. The Morgan fingerprint density at radius 2 is 2.00 bits per heavy atom. The average Bonchev–Trinajstić information content (AvgIpc) is 2.39. The third kappa shape index (κ3) is 2.82. The lowest BCUT2D eigenvalue weighted by atomic mass is 10.1. The first-order chi connectivity index (χ1) is 8.53. The van der Waals surface area contributed by atoms with Crippen molar-refractivity contribution in [1.29, 1.82) is 0 Å². The number of β-amino-alcohol motifs (C(OH)–C–C–N with tert-alkyl or cyclic N) is 1. The lowest BCUT2D eigenvalue weighted by Gasteiger charge is -2.32. The van der Waals surface area contributed by atoms with Crippen LogP contribution >= 0.6 is 0 Å². The topological polar surface area (TPSA) is 69.6 Å². The molecule has 1 atom stereocenters. The summed E-state index contributed by atoms with van der Waals surface area (Å²) in [5.74, 6) is 0. The molecule has 1 heterocycles. The predicted octanol–water partition coefficient (Wildman–Crippen LogP) is 0.556. The van der Waals surface area contributed by atoms with E-state index in [-0.39, 0.29) is 11.0 Å². The minimum atomic E-state index is -3.37. The van der Waals surface area contributed by atoms with Gasteiger partial charge >= 0.3 is 0 Å². The van der Waals surface area contributed by atoms with Gasteiger partial charge in [-0.3, -0.25) is 0 Å². The number of sulfonamides is 1. The molecular weight excluding hydrogens is 252 g/mol. The summed E-state index contributed by atoms with van der Waals surface area (Å²) in [6.07, 6.45) is 1.50. The van der Waals surface area contributed by atoms with Crippen LogP contribution in [0.4, 0.5) is 5.69 Å². The van der Waals surface area contributed by atoms with Gasteiger partial charge < -0.3 is 10.0 Å². The normalized spacial score (nSPS) is 21.0. The number of piperidine rings is 1. The van der Waals surface area contributed by atoms with Crippen molar-refractivity contribution in [2.24, 2.45) is 0 Å². The zero-order chi connectivity index (χ0) is 13.2. The summed E-state index contributed by atoms with van der Waals surface area (Å²) in [7, 11) is -1.98. The van der Waals surface area contributed by atoms with Crippen molar-refractivity contribution in [3.63, 3.8) is 0 Å². The Labute approximate surface area is 107 Å². The van der Waals surface area contributed by atoms with Crippen LogP contribution in [0.1, 0.15) is 12.8 Å². The summed E-state index contributed by atoms with van der Waals surface area (Å²) in [6, 6.07) is 6.73. The van der Waals surface area contributed by atoms with Gasteiger partial charge in [-0.15, -0.1) is 0 Å². The van der Waals surface area contributed by atoms with Crippen LogP contribution in [0.3, 0.4) is 0 Å². The van der Waals surface area contributed by atoms with Crippen molar-refractivity contribution in [2.45, 2.75) is 23.8 Å². The van der Waals surface area contributed by atoms with Crippen molar-refractivity contribution in [3.05, 3.63) is 24.3 Å². The molecule has 2 rings (SSSR count). The lowest BCUT2D eigenvalue weighted by molar-refractivity contribution is 0.154. The zero-order valence-electron chi connectivity index (χ0n) is 10.3. The van der Waals surface area contributed by atoms with E-state index in [1.165, 1.54) is 7.05 Å². The van der Waals surface area contributed by atoms with Gasteiger partial charge in [0, 0.05) is 18.8 Å². The molecule has 0 unspecified atom stereocenters. The highest BCUT2D eigenvalue weighted by molar-refractivity contribution is 7.89. The van der Waals surface area contributed by atoms with Gasteiger partial charge in [0.15, 0.2) is 0 Å². The molecule has 6 heteroatoms. The Hall–Kier alpha value is -1.11. The highest BCUT2D eigenvalue weighted by Gasteiger charge is 2.18. The van der Waals surface area contributed by atoms with Crippen LogP contribution in [0.15, 0.2) is 29.2 Å². The number of hydrogen-bond donors (Lipinski definition) is 2. The number of aliphatic hydroxyl groups is 1.